The number of benzene rings is 2. The topological polar surface area (TPSA) is 118 Å². The first-order valence-corrected chi connectivity index (χ1v) is 9.06. The van der Waals surface area contributed by atoms with E-state index >= 15 is 0 Å². The number of aliphatic hydroxyl groups excluding tert-OH is 1. The van der Waals surface area contributed by atoms with Crippen LogP contribution in [0.1, 0.15) is 5.56 Å². The van der Waals surface area contributed by atoms with Crippen molar-refractivity contribution >= 4 is 34.1 Å². The van der Waals surface area contributed by atoms with Gasteiger partial charge in [0.1, 0.15) is 0 Å². The van der Waals surface area contributed by atoms with Crippen molar-refractivity contribution in [1.29, 1.82) is 5.26 Å². The first kappa shape index (κ1) is 18.7. The van der Waals surface area contributed by atoms with Crippen molar-refractivity contribution in [1.82, 2.24) is 4.98 Å². The third-order valence-corrected chi connectivity index (χ3v) is 4.81. The lowest BCUT2D eigenvalue weighted by Gasteiger charge is -2.34. The van der Waals surface area contributed by atoms with E-state index in [4.69, 9.17) is 10.00 Å². The lowest BCUT2D eigenvalue weighted by molar-refractivity contribution is -0.150. The number of nitrogens with one attached hydrogen (secondary N) is 2. The van der Waals surface area contributed by atoms with Crippen LogP contribution in [0.4, 0.5) is 11.4 Å². The smallest absolute Gasteiger partial charge is 0.259 e. The van der Waals surface area contributed by atoms with E-state index in [1.165, 1.54) is 4.90 Å². The number of anilines is 2. The molecule has 2 aromatic carbocycles. The maximum Gasteiger partial charge on any atom is 0.259 e. The van der Waals surface area contributed by atoms with Gasteiger partial charge in [-0.2, -0.15) is 5.26 Å². The van der Waals surface area contributed by atoms with Crippen LogP contribution in [0, 0.1) is 11.3 Å². The molecule has 2 heterocycles. The zero-order valence-corrected chi connectivity index (χ0v) is 15.3. The molecule has 2 atom stereocenters. The molecule has 1 aliphatic heterocycles. The Morgan fingerprint density at radius 3 is 2.83 bits per heavy atom. The van der Waals surface area contributed by atoms with Gasteiger partial charge < -0.3 is 25.0 Å². The molecule has 1 fully saturated rings. The summed E-state index contributed by atoms with van der Waals surface area (Å²) in [5.41, 5.74) is 2.41. The van der Waals surface area contributed by atoms with Gasteiger partial charge in [-0.15, -0.1) is 0 Å². The number of amides is 2. The molecule has 1 saturated heterocycles. The minimum absolute atomic E-state index is 0.195. The summed E-state index contributed by atoms with van der Waals surface area (Å²) in [5, 5.41) is 22.8. The molecule has 29 heavy (non-hydrogen) atoms. The number of ether oxygens (including phenoxy) is 1. The Morgan fingerprint density at radius 1 is 1.28 bits per heavy atom. The number of nitrogens with zero attached hydrogens (tertiary/aromatic N) is 2. The van der Waals surface area contributed by atoms with Gasteiger partial charge >= 0.3 is 0 Å². The van der Waals surface area contributed by atoms with Gasteiger partial charge in [0.2, 0.25) is 0 Å². The minimum Gasteiger partial charge on any atom is -0.380 e. The lowest BCUT2D eigenvalue weighted by atomic mass is 10.1. The molecule has 0 spiro atoms. The molecule has 146 valence electrons. The molecule has 8 heteroatoms. The summed E-state index contributed by atoms with van der Waals surface area (Å²) < 4.78 is 5.42. The molecule has 2 amide bonds. The molecule has 3 aromatic rings. The van der Waals surface area contributed by atoms with Gasteiger partial charge in [-0.3, -0.25) is 9.59 Å². The van der Waals surface area contributed by atoms with Crippen LogP contribution >= 0.6 is 0 Å². The Kier molecular flexibility index (Phi) is 4.99. The second-order valence-corrected chi connectivity index (χ2v) is 6.65. The maximum atomic E-state index is 12.9. The lowest BCUT2D eigenvalue weighted by Crippen LogP contribution is -2.55. The number of morpholine rings is 1. The largest absolute Gasteiger partial charge is 0.380 e. The third kappa shape index (κ3) is 3.69. The number of H-pyrrole nitrogens is 1. The summed E-state index contributed by atoms with van der Waals surface area (Å²) in [5.74, 6) is -1.24. The van der Waals surface area contributed by atoms with Gasteiger partial charge in [-0.05, 0) is 47.9 Å². The maximum absolute atomic E-state index is 12.9. The molecule has 1 aromatic heterocycles. The highest BCUT2D eigenvalue weighted by molar-refractivity contribution is 6.04. The Morgan fingerprint density at radius 2 is 2.07 bits per heavy atom. The van der Waals surface area contributed by atoms with E-state index in [1.54, 1.807) is 24.3 Å². The quantitative estimate of drug-likeness (QED) is 0.627. The van der Waals surface area contributed by atoms with E-state index in [9.17, 15) is 14.7 Å². The van der Waals surface area contributed by atoms with Crippen LogP contribution in [0.3, 0.4) is 0 Å². The van der Waals surface area contributed by atoms with E-state index in [0.717, 1.165) is 10.9 Å². The van der Waals surface area contributed by atoms with E-state index in [1.807, 2.05) is 36.5 Å². The molecule has 0 unspecified atom stereocenters. The van der Waals surface area contributed by atoms with Crippen molar-refractivity contribution < 1.29 is 19.4 Å². The number of fused-ring (bicyclic) bond motifs is 1. The number of aromatic amines is 1. The molecule has 3 N–H and O–H groups in total. The van der Waals surface area contributed by atoms with Crippen molar-refractivity contribution in [3.63, 3.8) is 0 Å². The fraction of sp³-hybridized carbons (Fsp3) is 0.190. The van der Waals surface area contributed by atoms with Crippen LogP contribution in [0.5, 0.6) is 0 Å². The van der Waals surface area contributed by atoms with Gasteiger partial charge in [-0.25, -0.2) is 0 Å². The van der Waals surface area contributed by atoms with Crippen molar-refractivity contribution in [2.24, 2.45) is 0 Å². The van der Waals surface area contributed by atoms with Crippen LogP contribution in [0.25, 0.3) is 10.9 Å². The Balaban J connectivity index is 1.48. The fourth-order valence-corrected chi connectivity index (χ4v) is 3.27. The van der Waals surface area contributed by atoms with Crippen molar-refractivity contribution in [2.75, 3.05) is 23.4 Å². The molecular weight excluding hydrogens is 372 g/mol. The average Bonchev–Trinajstić information content (AvgIpc) is 3.22. The summed E-state index contributed by atoms with van der Waals surface area (Å²) in [6.07, 6.45) is -1.16. The number of aliphatic hydroxyl groups is 1. The second kappa shape index (κ2) is 7.75. The van der Waals surface area contributed by atoms with E-state index < -0.39 is 24.0 Å². The fourth-order valence-electron chi connectivity index (χ4n) is 3.27. The predicted octanol–water partition coefficient (Wildman–Crippen LogP) is 1.77. The van der Waals surface area contributed by atoms with Gasteiger partial charge in [-0.1, -0.05) is 6.07 Å². The average molecular weight is 390 g/mol. The molecule has 0 bridgehead atoms. The van der Waals surface area contributed by atoms with Gasteiger partial charge in [0.05, 0.1) is 18.2 Å². The van der Waals surface area contributed by atoms with E-state index in [0.29, 0.717) is 23.5 Å². The minimum atomic E-state index is -1.67. The van der Waals surface area contributed by atoms with Crippen LogP contribution in [0.15, 0.2) is 54.7 Å². The summed E-state index contributed by atoms with van der Waals surface area (Å²) in [4.78, 5) is 29.9. The van der Waals surface area contributed by atoms with Crippen molar-refractivity contribution in [2.45, 2.75) is 12.2 Å². The highest BCUT2D eigenvalue weighted by Crippen LogP contribution is 2.25. The summed E-state index contributed by atoms with van der Waals surface area (Å²) >= 11 is 0. The molecule has 0 saturated carbocycles. The summed E-state index contributed by atoms with van der Waals surface area (Å²) in [6.45, 7) is 0.520. The van der Waals surface area contributed by atoms with Crippen LogP contribution in [-0.2, 0) is 14.3 Å². The van der Waals surface area contributed by atoms with Crippen LogP contribution in [0.2, 0.25) is 0 Å². The number of hydrogen-bond acceptors (Lipinski definition) is 5. The number of rotatable bonds is 4. The third-order valence-electron chi connectivity index (χ3n) is 4.81. The monoisotopic (exact) mass is 390 g/mol. The first-order valence-electron chi connectivity index (χ1n) is 9.06. The number of carbonyl (C=O) groups is 2. The number of hydrogen-bond donors (Lipinski definition) is 3. The van der Waals surface area contributed by atoms with Gasteiger partial charge in [0.15, 0.2) is 12.2 Å². The molecular formula is C21H18N4O4. The number of nitriles is 1. The van der Waals surface area contributed by atoms with Crippen LogP contribution < -0.4 is 10.2 Å². The number of aromatic nitrogens is 1. The normalized spacial score (nSPS) is 17.7. The van der Waals surface area contributed by atoms with E-state index in [-0.39, 0.29) is 6.61 Å². The highest BCUT2D eigenvalue weighted by Gasteiger charge is 2.39. The molecule has 1 aliphatic rings. The van der Waals surface area contributed by atoms with Crippen molar-refractivity contribution in [3.05, 3.63) is 60.3 Å². The molecule has 0 aliphatic carbocycles. The highest BCUT2D eigenvalue weighted by atomic mass is 16.5. The van der Waals surface area contributed by atoms with Gasteiger partial charge in [0.25, 0.3) is 11.8 Å². The zero-order chi connectivity index (χ0) is 20.4. The molecule has 0 radical (unpaired) electrons. The van der Waals surface area contributed by atoms with E-state index in [2.05, 4.69) is 10.3 Å². The number of carbonyl (C=O) groups excluding carboxylic acids is 2. The van der Waals surface area contributed by atoms with Crippen molar-refractivity contribution in [3.8, 4) is 6.07 Å². The Hall–Kier alpha value is -3.67. The first-order chi connectivity index (χ1) is 14.1. The zero-order valence-electron chi connectivity index (χ0n) is 15.3. The standard InChI is InChI=1S/C21H18N4O4/c22-12-13-1-4-15(5-2-13)24-20(27)18(26)19-21(28)25(9-10-29-19)16-6-3-14-7-8-23-17(14)11-16/h1-8,11,18-19,23,26H,9-10H2,(H,24,27)/t18-,19-/m1/s1. The Bertz CT molecular complexity index is 1100. The predicted molar refractivity (Wildman–Crippen MR) is 106 cm³/mol. The Labute approximate surface area is 166 Å². The summed E-state index contributed by atoms with van der Waals surface area (Å²) in [6, 6.07) is 15.7. The van der Waals surface area contributed by atoms with Gasteiger partial charge in [0, 0.05) is 29.6 Å². The SMILES string of the molecule is N#Cc1ccc(NC(=O)[C@H](O)[C@H]2OCCN(c3ccc4cc[nH]c4c3)C2=O)cc1. The molecule has 4 rings (SSSR count). The molecule has 8 nitrogen and oxygen atoms in total. The summed E-state index contributed by atoms with van der Waals surface area (Å²) in [7, 11) is 0. The second-order valence-electron chi connectivity index (χ2n) is 6.65. The van der Waals surface area contributed by atoms with Crippen LogP contribution in [-0.4, -0.2) is 47.3 Å².